The van der Waals surface area contributed by atoms with Gasteiger partial charge in [-0.1, -0.05) is 13.8 Å². The van der Waals surface area contributed by atoms with Gasteiger partial charge in [-0.15, -0.1) is 0 Å². The lowest BCUT2D eigenvalue weighted by Crippen LogP contribution is -2.51. The molecule has 0 unspecified atom stereocenters. The molecule has 0 radical (unpaired) electrons. The van der Waals surface area contributed by atoms with E-state index in [1.54, 1.807) is 12.8 Å². The van der Waals surface area contributed by atoms with Gasteiger partial charge in [0.15, 0.2) is 0 Å². The zero-order chi connectivity index (χ0) is 18.4. The minimum absolute atomic E-state index is 0.727. The largest absolute Gasteiger partial charge is 0.303 e. The van der Waals surface area contributed by atoms with E-state index in [4.69, 9.17) is 0 Å². The van der Waals surface area contributed by atoms with Crippen molar-refractivity contribution >= 4 is 0 Å². The van der Waals surface area contributed by atoms with Gasteiger partial charge >= 0.3 is 0 Å². The highest BCUT2D eigenvalue weighted by Crippen LogP contribution is 2.57. The van der Waals surface area contributed by atoms with E-state index < -0.39 is 0 Å². The zero-order valence-corrected chi connectivity index (χ0v) is 18.1. The lowest BCUT2D eigenvalue weighted by Gasteiger charge is -2.56. The van der Waals surface area contributed by atoms with Gasteiger partial charge in [-0.2, -0.15) is 0 Å². The van der Waals surface area contributed by atoms with Crippen LogP contribution in [0.2, 0.25) is 0 Å². The molecular weight excluding hydrogens is 316 g/mol. The fourth-order valence-corrected chi connectivity index (χ4v) is 6.83. The molecule has 2 aliphatic carbocycles. The topological polar surface area (TPSA) is 6.48 Å². The molecule has 4 fully saturated rings. The van der Waals surface area contributed by atoms with Crippen molar-refractivity contribution < 1.29 is 0 Å². The third-order valence-electron chi connectivity index (χ3n) is 8.64. The van der Waals surface area contributed by atoms with Crippen LogP contribution in [-0.2, 0) is 0 Å². The number of nitrogens with zero attached hydrogens (tertiary/aromatic N) is 2. The van der Waals surface area contributed by atoms with Crippen LogP contribution >= 0.6 is 0 Å². The van der Waals surface area contributed by atoms with Gasteiger partial charge in [-0.05, 0) is 126 Å². The van der Waals surface area contributed by atoms with Crippen LogP contribution in [0.15, 0.2) is 0 Å². The van der Waals surface area contributed by atoms with Crippen LogP contribution in [-0.4, -0.2) is 48.6 Å². The molecule has 0 aromatic carbocycles. The summed E-state index contributed by atoms with van der Waals surface area (Å²) in [5.41, 5.74) is 1.50. The van der Waals surface area contributed by atoms with Gasteiger partial charge < -0.3 is 9.80 Å². The summed E-state index contributed by atoms with van der Waals surface area (Å²) in [7, 11) is 0. The maximum atomic E-state index is 2.84. The minimum atomic E-state index is 0.727. The van der Waals surface area contributed by atoms with Crippen molar-refractivity contribution in [3.63, 3.8) is 0 Å². The van der Waals surface area contributed by atoms with Crippen LogP contribution in [0, 0.1) is 28.6 Å². The molecule has 4 aliphatic rings. The van der Waals surface area contributed by atoms with Gasteiger partial charge in [0.05, 0.1) is 0 Å². The smallest absolute Gasteiger partial charge is 0.00385 e. The van der Waals surface area contributed by atoms with E-state index in [1.807, 2.05) is 0 Å². The third-order valence-corrected chi connectivity index (χ3v) is 8.64. The molecule has 4 rings (SSSR count). The van der Waals surface area contributed by atoms with Crippen molar-refractivity contribution in [3.05, 3.63) is 0 Å². The van der Waals surface area contributed by atoms with E-state index >= 15 is 0 Å². The fourth-order valence-electron chi connectivity index (χ4n) is 6.83. The molecule has 1 spiro atoms. The summed E-state index contributed by atoms with van der Waals surface area (Å²) in [4.78, 5) is 5.53. The average molecular weight is 361 g/mol. The second kappa shape index (κ2) is 7.39. The Morgan fingerprint density at radius 1 is 0.808 bits per heavy atom. The third kappa shape index (κ3) is 4.17. The molecule has 2 saturated heterocycles. The Morgan fingerprint density at radius 2 is 1.42 bits per heavy atom. The van der Waals surface area contributed by atoms with Gasteiger partial charge in [0, 0.05) is 12.6 Å². The van der Waals surface area contributed by atoms with E-state index in [-0.39, 0.29) is 0 Å². The van der Waals surface area contributed by atoms with Gasteiger partial charge in [0.1, 0.15) is 0 Å². The van der Waals surface area contributed by atoms with E-state index in [1.165, 1.54) is 77.7 Å². The molecule has 0 atom stereocenters. The zero-order valence-electron chi connectivity index (χ0n) is 18.1. The first-order valence-corrected chi connectivity index (χ1v) is 11.9. The molecule has 150 valence electrons. The van der Waals surface area contributed by atoms with Crippen LogP contribution in [0.5, 0.6) is 0 Å². The van der Waals surface area contributed by atoms with E-state index in [9.17, 15) is 0 Å². The molecule has 2 heteroatoms. The Balaban J connectivity index is 1.18. The predicted octanol–water partition coefficient (Wildman–Crippen LogP) is 5.43. The summed E-state index contributed by atoms with van der Waals surface area (Å²) in [6.45, 7) is 16.5. The monoisotopic (exact) mass is 360 g/mol. The van der Waals surface area contributed by atoms with E-state index in [0.717, 1.165) is 34.6 Å². The summed E-state index contributed by atoms with van der Waals surface area (Å²) in [5, 5.41) is 0. The van der Waals surface area contributed by atoms with Crippen LogP contribution < -0.4 is 0 Å². The van der Waals surface area contributed by atoms with Gasteiger partial charge in [0.25, 0.3) is 0 Å². The first kappa shape index (κ1) is 19.2. The van der Waals surface area contributed by atoms with Crippen molar-refractivity contribution in [1.82, 2.24) is 9.80 Å². The number of hydrogen-bond donors (Lipinski definition) is 0. The van der Waals surface area contributed by atoms with Crippen LogP contribution in [0.4, 0.5) is 0 Å². The molecule has 2 aliphatic heterocycles. The van der Waals surface area contributed by atoms with E-state index in [0.29, 0.717) is 0 Å². The SMILES string of the molecule is CC(C)CC1(CN2CCC3(CC2)CC(C2CCN(C(C)C)CC2)C3)CC1. The normalized spacial score (nSPS) is 30.2. The Hall–Kier alpha value is -0.0800. The fraction of sp³-hybridized carbons (Fsp3) is 1.00. The van der Waals surface area contributed by atoms with Crippen LogP contribution in [0.3, 0.4) is 0 Å². The molecule has 0 amide bonds. The Labute approximate surface area is 163 Å². The quantitative estimate of drug-likeness (QED) is 0.623. The lowest BCUT2D eigenvalue weighted by atomic mass is 9.53. The average Bonchev–Trinajstić information content (AvgIpc) is 3.32. The van der Waals surface area contributed by atoms with Crippen molar-refractivity contribution in [3.8, 4) is 0 Å². The molecule has 2 saturated carbocycles. The van der Waals surface area contributed by atoms with Crippen molar-refractivity contribution in [2.75, 3.05) is 32.7 Å². The highest BCUT2D eigenvalue weighted by atomic mass is 15.2. The minimum Gasteiger partial charge on any atom is -0.303 e. The maximum Gasteiger partial charge on any atom is 0.00385 e. The molecule has 2 nitrogen and oxygen atoms in total. The molecule has 0 N–H and O–H groups in total. The lowest BCUT2D eigenvalue weighted by molar-refractivity contribution is -0.0528. The molecule has 26 heavy (non-hydrogen) atoms. The summed E-state index contributed by atoms with van der Waals surface area (Å²) >= 11 is 0. The van der Waals surface area contributed by atoms with Crippen LogP contribution in [0.1, 0.15) is 85.5 Å². The van der Waals surface area contributed by atoms with Gasteiger partial charge in [0.2, 0.25) is 0 Å². The summed E-state index contributed by atoms with van der Waals surface area (Å²) < 4.78 is 0. The molecule has 0 aromatic heterocycles. The number of piperidine rings is 2. The predicted molar refractivity (Wildman–Crippen MR) is 111 cm³/mol. The Kier molecular flexibility index (Phi) is 5.47. The van der Waals surface area contributed by atoms with Crippen molar-refractivity contribution in [1.29, 1.82) is 0 Å². The van der Waals surface area contributed by atoms with E-state index in [2.05, 4.69) is 37.5 Å². The second-order valence-corrected chi connectivity index (χ2v) is 11.5. The number of likely N-dealkylation sites (tertiary alicyclic amines) is 2. The summed E-state index contributed by atoms with van der Waals surface area (Å²) in [6.07, 6.45) is 13.6. The number of hydrogen-bond acceptors (Lipinski definition) is 2. The number of rotatable bonds is 6. The van der Waals surface area contributed by atoms with Gasteiger partial charge in [-0.3, -0.25) is 0 Å². The molecule has 0 aromatic rings. The molecular formula is C24H44N2. The van der Waals surface area contributed by atoms with Gasteiger partial charge in [-0.25, -0.2) is 0 Å². The summed E-state index contributed by atoms with van der Waals surface area (Å²) in [5.74, 6) is 3.00. The summed E-state index contributed by atoms with van der Waals surface area (Å²) in [6, 6.07) is 0.749. The Morgan fingerprint density at radius 3 is 1.92 bits per heavy atom. The molecule has 0 bridgehead atoms. The molecule has 2 heterocycles. The highest BCUT2D eigenvalue weighted by molar-refractivity contribution is 5.02. The Bertz CT molecular complexity index is 455. The maximum absolute atomic E-state index is 2.84. The van der Waals surface area contributed by atoms with Crippen LogP contribution in [0.25, 0.3) is 0 Å². The first-order valence-electron chi connectivity index (χ1n) is 11.9. The first-order chi connectivity index (χ1) is 12.4. The standard InChI is InChI=1S/C24H44N2/c1-19(2)15-24(7-8-24)18-25-13-9-23(10-14-25)16-22(17-23)21-5-11-26(12-6-21)20(3)4/h19-22H,5-18H2,1-4H3. The highest BCUT2D eigenvalue weighted by Gasteiger charge is 2.50. The van der Waals surface area contributed by atoms with Crippen molar-refractivity contribution in [2.45, 2.75) is 91.5 Å². The van der Waals surface area contributed by atoms with Crippen molar-refractivity contribution in [2.24, 2.45) is 28.6 Å². The second-order valence-electron chi connectivity index (χ2n) is 11.5.